The number of nitrogen functional groups attached to an aromatic ring is 1. The molecule has 3 N–H and O–H groups in total. The molecule has 1 aromatic rings. The van der Waals surface area contributed by atoms with E-state index in [1.165, 1.54) is 6.07 Å². The summed E-state index contributed by atoms with van der Waals surface area (Å²) in [5.74, 6) is -0.957. The maximum Gasteiger partial charge on any atom is 0.328 e. The van der Waals surface area contributed by atoms with Gasteiger partial charge in [0.25, 0.3) is 0 Å². The average Bonchev–Trinajstić information content (AvgIpc) is 2.30. The van der Waals surface area contributed by atoms with Gasteiger partial charge in [0.15, 0.2) is 5.82 Å². The van der Waals surface area contributed by atoms with E-state index in [1.807, 2.05) is 0 Å². The summed E-state index contributed by atoms with van der Waals surface area (Å²) in [6.07, 6.45) is 0. The number of esters is 1. The van der Waals surface area contributed by atoms with Crippen molar-refractivity contribution in [1.29, 1.82) is 0 Å². The van der Waals surface area contributed by atoms with Crippen molar-refractivity contribution in [3.63, 3.8) is 0 Å². The first-order valence-corrected chi connectivity index (χ1v) is 5.93. The first-order chi connectivity index (χ1) is 7.97. The third-order valence-electron chi connectivity index (χ3n) is 2.14. The molecule has 0 saturated carbocycles. The van der Waals surface area contributed by atoms with Gasteiger partial charge < -0.3 is 15.8 Å². The molecular weight excluding hydrogens is 291 g/mol. The Morgan fingerprint density at radius 2 is 2.29 bits per heavy atom. The topological polar surface area (TPSA) is 64.3 Å². The van der Waals surface area contributed by atoms with Gasteiger partial charge in [-0.05, 0) is 41.9 Å². The minimum atomic E-state index is -0.585. The lowest BCUT2D eigenvalue weighted by molar-refractivity contribution is -0.143. The van der Waals surface area contributed by atoms with Crippen LogP contribution in [0.5, 0.6) is 0 Å². The molecule has 0 radical (unpaired) electrons. The molecule has 0 bridgehead atoms. The third kappa shape index (κ3) is 3.33. The van der Waals surface area contributed by atoms with E-state index in [4.69, 9.17) is 10.5 Å². The normalized spacial score (nSPS) is 12.0. The second kappa shape index (κ2) is 5.86. The van der Waals surface area contributed by atoms with Crippen LogP contribution in [0.4, 0.5) is 15.8 Å². The molecule has 1 rings (SSSR count). The summed E-state index contributed by atoms with van der Waals surface area (Å²) in [6, 6.07) is 2.53. The van der Waals surface area contributed by atoms with Crippen LogP contribution in [-0.2, 0) is 9.53 Å². The fourth-order valence-corrected chi connectivity index (χ4v) is 1.60. The number of hydrogen-bond donors (Lipinski definition) is 2. The Bertz CT molecular complexity index is 426. The fraction of sp³-hybridized carbons (Fsp3) is 0.364. The average molecular weight is 305 g/mol. The highest BCUT2D eigenvalue weighted by atomic mass is 79.9. The number of hydrogen-bond acceptors (Lipinski definition) is 4. The molecule has 0 heterocycles. The Balaban J connectivity index is 2.82. The number of rotatable bonds is 4. The van der Waals surface area contributed by atoms with Crippen LogP contribution in [0.3, 0.4) is 0 Å². The first kappa shape index (κ1) is 13.8. The molecular formula is C11H14BrFN2O2. The lowest BCUT2D eigenvalue weighted by Gasteiger charge is -2.16. The highest BCUT2D eigenvalue weighted by Gasteiger charge is 2.16. The molecule has 1 aromatic carbocycles. The lowest BCUT2D eigenvalue weighted by Crippen LogP contribution is -2.28. The molecule has 0 aromatic heterocycles. The lowest BCUT2D eigenvalue weighted by atomic mass is 10.2. The zero-order valence-corrected chi connectivity index (χ0v) is 11.2. The molecule has 0 aliphatic heterocycles. The van der Waals surface area contributed by atoms with Gasteiger partial charge in [0.2, 0.25) is 0 Å². The second-order valence-corrected chi connectivity index (χ2v) is 4.30. The summed E-state index contributed by atoms with van der Waals surface area (Å²) in [7, 11) is 0. The van der Waals surface area contributed by atoms with Crippen LogP contribution in [0.1, 0.15) is 13.8 Å². The zero-order chi connectivity index (χ0) is 13.0. The molecule has 17 heavy (non-hydrogen) atoms. The van der Waals surface area contributed by atoms with E-state index in [0.29, 0.717) is 12.3 Å². The van der Waals surface area contributed by atoms with Crippen LogP contribution in [0.15, 0.2) is 16.6 Å². The van der Waals surface area contributed by atoms with Crippen molar-refractivity contribution in [1.82, 2.24) is 0 Å². The number of anilines is 2. The fourth-order valence-electron chi connectivity index (χ4n) is 1.25. The molecule has 1 atom stereocenters. The number of carbonyl (C=O) groups excluding carboxylic acids is 1. The van der Waals surface area contributed by atoms with Gasteiger partial charge in [-0.2, -0.15) is 0 Å². The molecule has 0 aliphatic rings. The summed E-state index contributed by atoms with van der Waals surface area (Å²) in [6.45, 7) is 3.64. The maximum absolute atomic E-state index is 13.5. The SMILES string of the molecule is CCOC(=O)C(C)Nc1ccc(Br)c(F)c1N. The van der Waals surface area contributed by atoms with Crippen LogP contribution in [-0.4, -0.2) is 18.6 Å². The number of nitrogens with one attached hydrogen (secondary N) is 1. The van der Waals surface area contributed by atoms with Crippen molar-refractivity contribution < 1.29 is 13.9 Å². The Labute approximate surface area is 107 Å². The summed E-state index contributed by atoms with van der Waals surface area (Å²) in [4.78, 5) is 11.4. The van der Waals surface area contributed by atoms with Gasteiger partial charge in [-0.25, -0.2) is 9.18 Å². The number of ether oxygens (including phenoxy) is 1. The van der Waals surface area contributed by atoms with Crippen molar-refractivity contribution in [2.45, 2.75) is 19.9 Å². The highest BCUT2D eigenvalue weighted by Crippen LogP contribution is 2.28. The Kier molecular flexibility index (Phi) is 4.74. The minimum absolute atomic E-state index is 0.0319. The van der Waals surface area contributed by atoms with Gasteiger partial charge in [0.05, 0.1) is 22.5 Å². The Morgan fingerprint density at radius 3 is 2.88 bits per heavy atom. The molecule has 94 valence electrons. The highest BCUT2D eigenvalue weighted by molar-refractivity contribution is 9.10. The number of halogens is 2. The number of carbonyl (C=O) groups is 1. The largest absolute Gasteiger partial charge is 0.464 e. The molecule has 0 fully saturated rings. The van der Waals surface area contributed by atoms with Gasteiger partial charge in [-0.3, -0.25) is 0 Å². The standard InChI is InChI=1S/C11H14BrFN2O2/c1-3-17-11(16)6(2)15-8-5-4-7(12)9(13)10(8)14/h4-6,15H,3,14H2,1-2H3. The van der Waals surface area contributed by atoms with Crippen molar-refractivity contribution in [3.8, 4) is 0 Å². The van der Waals surface area contributed by atoms with E-state index in [1.54, 1.807) is 19.9 Å². The number of benzene rings is 1. The van der Waals surface area contributed by atoms with Gasteiger partial charge in [-0.1, -0.05) is 0 Å². The van der Waals surface area contributed by atoms with Gasteiger partial charge in [0.1, 0.15) is 6.04 Å². The smallest absolute Gasteiger partial charge is 0.328 e. The maximum atomic E-state index is 13.5. The molecule has 0 saturated heterocycles. The van der Waals surface area contributed by atoms with Crippen molar-refractivity contribution in [3.05, 3.63) is 22.4 Å². The van der Waals surface area contributed by atoms with Crippen LogP contribution >= 0.6 is 15.9 Å². The summed E-state index contributed by atoms with van der Waals surface area (Å²) in [5, 5.41) is 2.80. The predicted molar refractivity (Wildman–Crippen MR) is 68.2 cm³/mol. The van der Waals surface area contributed by atoms with E-state index < -0.39 is 17.8 Å². The molecule has 4 nitrogen and oxygen atoms in total. The Hall–Kier alpha value is -1.30. The van der Waals surface area contributed by atoms with Crippen molar-refractivity contribution in [2.24, 2.45) is 0 Å². The monoisotopic (exact) mass is 304 g/mol. The molecule has 0 spiro atoms. The predicted octanol–water partition coefficient (Wildman–Crippen LogP) is 2.53. The molecule has 0 amide bonds. The van der Waals surface area contributed by atoms with Crippen LogP contribution in [0, 0.1) is 5.82 Å². The van der Waals surface area contributed by atoms with Crippen LogP contribution in [0.2, 0.25) is 0 Å². The van der Waals surface area contributed by atoms with E-state index in [-0.39, 0.29) is 10.2 Å². The molecule has 6 heteroatoms. The van der Waals surface area contributed by atoms with Crippen molar-refractivity contribution in [2.75, 3.05) is 17.7 Å². The van der Waals surface area contributed by atoms with Gasteiger partial charge >= 0.3 is 5.97 Å². The zero-order valence-electron chi connectivity index (χ0n) is 9.59. The summed E-state index contributed by atoms with van der Waals surface area (Å²) in [5.41, 5.74) is 5.92. The van der Waals surface area contributed by atoms with Crippen LogP contribution in [0.25, 0.3) is 0 Å². The molecule has 0 aliphatic carbocycles. The van der Waals surface area contributed by atoms with Gasteiger partial charge in [-0.15, -0.1) is 0 Å². The summed E-state index contributed by atoms with van der Waals surface area (Å²) < 4.78 is 18.6. The van der Waals surface area contributed by atoms with Gasteiger partial charge in [0, 0.05) is 0 Å². The first-order valence-electron chi connectivity index (χ1n) is 5.14. The Morgan fingerprint density at radius 1 is 1.65 bits per heavy atom. The quantitative estimate of drug-likeness (QED) is 0.663. The minimum Gasteiger partial charge on any atom is -0.464 e. The van der Waals surface area contributed by atoms with E-state index >= 15 is 0 Å². The second-order valence-electron chi connectivity index (χ2n) is 3.44. The van der Waals surface area contributed by atoms with E-state index in [9.17, 15) is 9.18 Å². The van der Waals surface area contributed by atoms with E-state index in [2.05, 4.69) is 21.2 Å². The number of nitrogens with two attached hydrogens (primary N) is 1. The van der Waals surface area contributed by atoms with Crippen LogP contribution < -0.4 is 11.1 Å². The summed E-state index contributed by atoms with van der Waals surface area (Å²) >= 11 is 3.03. The van der Waals surface area contributed by atoms with Crippen molar-refractivity contribution >= 4 is 33.3 Å². The molecule has 1 unspecified atom stereocenters. The van der Waals surface area contributed by atoms with E-state index in [0.717, 1.165) is 0 Å². The third-order valence-corrected chi connectivity index (χ3v) is 2.76.